The van der Waals surface area contributed by atoms with E-state index < -0.39 is 29.1 Å². The third-order valence-electron chi connectivity index (χ3n) is 5.68. The molecule has 9 heteroatoms. The van der Waals surface area contributed by atoms with E-state index in [1.54, 1.807) is 42.7 Å². The van der Waals surface area contributed by atoms with Crippen LogP contribution in [0.2, 0.25) is 10.0 Å². The van der Waals surface area contributed by atoms with Crippen molar-refractivity contribution >= 4 is 46.7 Å². The highest BCUT2D eigenvalue weighted by atomic mass is 35.5. The molecule has 6 nitrogen and oxygen atoms in total. The van der Waals surface area contributed by atoms with E-state index in [0.29, 0.717) is 16.9 Å². The normalized spacial score (nSPS) is 18.4. The molecule has 1 aliphatic heterocycles. The number of halogens is 3. The van der Waals surface area contributed by atoms with Crippen molar-refractivity contribution in [2.75, 3.05) is 4.90 Å². The first-order valence-electron chi connectivity index (χ1n) is 10.1. The van der Waals surface area contributed by atoms with Gasteiger partial charge in [-0.2, -0.15) is 0 Å². The summed E-state index contributed by atoms with van der Waals surface area (Å²) in [6.45, 7) is 0. The molecule has 0 radical (unpaired) electrons. The number of nitrogens with zero attached hydrogens (tertiary/aromatic N) is 2. The molecule has 0 saturated carbocycles. The van der Waals surface area contributed by atoms with E-state index in [4.69, 9.17) is 23.2 Å². The number of carbonyl (C=O) groups excluding carboxylic acids is 3. The Bertz CT molecular complexity index is 1240. The van der Waals surface area contributed by atoms with E-state index in [0.717, 1.165) is 11.6 Å². The Labute approximate surface area is 199 Å². The smallest absolute Gasteiger partial charge is 0.276 e. The number of anilines is 1. The molecule has 33 heavy (non-hydrogen) atoms. The van der Waals surface area contributed by atoms with Crippen LogP contribution in [0.1, 0.15) is 17.5 Å². The molecule has 1 fully saturated rings. The summed E-state index contributed by atoms with van der Waals surface area (Å²) in [6.07, 6.45) is 3.46. The maximum atomic E-state index is 14.6. The number of imide groups is 2. The zero-order valence-electron chi connectivity index (χ0n) is 17.2. The lowest BCUT2D eigenvalue weighted by atomic mass is 9.73. The van der Waals surface area contributed by atoms with Crippen LogP contribution >= 0.6 is 23.2 Å². The van der Waals surface area contributed by atoms with Crippen molar-refractivity contribution in [1.29, 1.82) is 0 Å². The summed E-state index contributed by atoms with van der Waals surface area (Å²) >= 11 is 12.5. The fraction of sp³-hybridized carbons (Fsp3) is 0.167. The van der Waals surface area contributed by atoms with Crippen molar-refractivity contribution in [3.8, 4) is 0 Å². The van der Waals surface area contributed by atoms with Crippen LogP contribution in [0.15, 0.2) is 67.0 Å². The molecule has 4 amide bonds. The van der Waals surface area contributed by atoms with Gasteiger partial charge in [-0.05, 0) is 60.7 Å². The summed E-state index contributed by atoms with van der Waals surface area (Å²) in [6, 6.07) is 12.8. The molecular formula is C24H18Cl2FN3O3. The second kappa shape index (κ2) is 9.29. The first-order valence-corrected chi connectivity index (χ1v) is 10.9. The van der Waals surface area contributed by atoms with E-state index in [1.807, 2.05) is 0 Å². The highest BCUT2D eigenvalue weighted by Crippen LogP contribution is 2.39. The average Bonchev–Trinajstić information content (AvgIpc) is 2.80. The molecule has 0 bridgehead atoms. The van der Waals surface area contributed by atoms with Crippen molar-refractivity contribution in [3.63, 3.8) is 0 Å². The summed E-state index contributed by atoms with van der Waals surface area (Å²) in [5, 5.41) is 2.71. The summed E-state index contributed by atoms with van der Waals surface area (Å²) in [5.41, 5.74) is -0.659. The SMILES string of the molecule is O=C1NC(=O)C(CCc2ccncc2)(Cc2cccc(Cl)c2Cl)C(=O)N1c1ccccc1F. The van der Waals surface area contributed by atoms with Crippen molar-refractivity contribution in [2.24, 2.45) is 5.41 Å². The van der Waals surface area contributed by atoms with Gasteiger partial charge in [0.1, 0.15) is 11.2 Å². The average molecular weight is 486 g/mol. The maximum Gasteiger partial charge on any atom is 0.335 e. The van der Waals surface area contributed by atoms with Crippen LogP contribution in [-0.2, 0) is 22.4 Å². The lowest BCUT2D eigenvalue weighted by molar-refractivity contribution is -0.143. The number of hydrogen-bond donors (Lipinski definition) is 1. The van der Waals surface area contributed by atoms with Crippen LogP contribution in [0, 0.1) is 11.2 Å². The minimum Gasteiger partial charge on any atom is -0.276 e. The van der Waals surface area contributed by atoms with Gasteiger partial charge in [0.2, 0.25) is 5.91 Å². The highest BCUT2D eigenvalue weighted by Gasteiger charge is 2.54. The molecule has 0 spiro atoms. The van der Waals surface area contributed by atoms with Gasteiger partial charge in [0.25, 0.3) is 5.91 Å². The molecule has 1 saturated heterocycles. The Kier molecular flexibility index (Phi) is 6.44. The third-order valence-corrected chi connectivity index (χ3v) is 6.54. The summed E-state index contributed by atoms with van der Waals surface area (Å²) in [7, 11) is 0. The van der Waals surface area contributed by atoms with Crippen molar-refractivity contribution in [2.45, 2.75) is 19.3 Å². The van der Waals surface area contributed by atoms with Crippen LogP contribution in [0.3, 0.4) is 0 Å². The molecule has 0 aliphatic carbocycles. The molecule has 2 heterocycles. The third kappa shape index (κ3) is 4.34. The Morgan fingerprint density at radius 1 is 0.970 bits per heavy atom. The molecule has 3 aromatic rings. The van der Waals surface area contributed by atoms with E-state index >= 15 is 0 Å². The molecule has 1 unspecified atom stereocenters. The van der Waals surface area contributed by atoms with Gasteiger partial charge in [0.05, 0.1) is 15.7 Å². The summed E-state index contributed by atoms with van der Waals surface area (Å²) in [5.74, 6) is -2.36. The van der Waals surface area contributed by atoms with Crippen molar-refractivity contribution < 1.29 is 18.8 Å². The Hall–Kier alpha value is -3.29. The number of barbiturate groups is 1. The number of amides is 4. The highest BCUT2D eigenvalue weighted by molar-refractivity contribution is 6.42. The number of urea groups is 1. The zero-order chi connectivity index (χ0) is 23.6. The standard InChI is InChI=1S/C24H18Cl2FN3O3/c25-17-5-3-4-16(20(17)26)14-24(11-8-15-9-12-28-13-10-15)21(31)29-23(33)30(22(24)32)19-7-2-1-6-18(19)27/h1-7,9-10,12-13H,8,11,14H2,(H,29,31,33). The van der Waals surface area contributed by atoms with Crippen LogP contribution in [-0.4, -0.2) is 22.8 Å². The van der Waals surface area contributed by atoms with Crippen LogP contribution < -0.4 is 10.2 Å². The Morgan fingerprint density at radius 2 is 1.70 bits per heavy atom. The molecule has 168 valence electrons. The predicted molar refractivity (Wildman–Crippen MR) is 123 cm³/mol. The molecule has 1 aliphatic rings. The summed E-state index contributed by atoms with van der Waals surface area (Å²) in [4.78, 5) is 44.4. The Morgan fingerprint density at radius 3 is 2.42 bits per heavy atom. The lowest BCUT2D eigenvalue weighted by Crippen LogP contribution is -2.65. The minimum atomic E-state index is -1.73. The number of rotatable bonds is 6. The molecular weight excluding hydrogens is 468 g/mol. The fourth-order valence-corrected chi connectivity index (χ4v) is 4.30. The van der Waals surface area contributed by atoms with Crippen LogP contribution in [0.4, 0.5) is 14.9 Å². The van der Waals surface area contributed by atoms with E-state index in [2.05, 4.69) is 10.3 Å². The molecule has 2 aromatic carbocycles. The van der Waals surface area contributed by atoms with Gasteiger partial charge in [0, 0.05) is 12.4 Å². The summed E-state index contributed by atoms with van der Waals surface area (Å²) < 4.78 is 14.6. The molecule has 1 N–H and O–H groups in total. The van der Waals surface area contributed by atoms with Gasteiger partial charge in [-0.15, -0.1) is 0 Å². The number of pyridine rings is 1. The quantitative estimate of drug-likeness (QED) is 0.499. The second-order valence-corrected chi connectivity index (χ2v) is 8.46. The van der Waals surface area contributed by atoms with Crippen LogP contribution in [0.5, 0.6) is 0 Å². The van der Waals surface area contributed by atoms with E-state index in [9.17, 15) is 18.8 Å². The molecule has 1 aromatic heterocycles. The number of hydrogen-bond acceptors (Lipinski definition) is 4. The first-order chi connectivity index (χ1) is 15.8. The number of carbonyl (C=O) groups is 3. The molecule has 4 rings (SSSR count). The van der Waals surface area contributed by atoms with Gasteiger partial charge < -0.3 is 0 Å². The maximum absolute atomic E-state index is 14.6. The topological polar surface area (TPSA) is 79.4 Å². The fourth-order valence-electron chi connectivity index (χ4n) is 3.91. The number of aromatic nitrogens is 1. The van der Waals surface area contributed by atoms with Crippen molar-refractivity contribution in [1.82, 2.24) is 10.3 Å². The Balaban J connectivity index is 1.81. The largest absolute Gasteiger partial charge is 0.335 e. The van der Waals surface area contributed by atoms with Crippen molar-refractivity contribution in [3.05, 3.63) is 94.0 Å². The minimum absolute atomic E-state index is 0.0444. The van der Waals surface area contributed by atoms with Gasteiger partial charge in [-0.25, -0.2) is 14.1 Å². The number of aryl methyl sites for hydroxylation is 1. The first kappa shape index (κ1) is 22.9. The van der Waals surface area contributed by atoms with Gasteiger partial charge >= 0.3 is 6.03 Å². The van der Waals surface area contributed by atoms with Gasteiger partial charge in [-0.1, -0.05) is 47.5 Å². The zero-order valence-corrected chi connectivity index (χ0v) is 18.7. The van der Waals surface area contributed by atoms with Gasteiger partial charge in [0.15, 0.2) is 0 Å². The predicted octanol–water partition coefficient (Wildman–Crippen LogP) is 4.97. The lowest BCUT2D eigenvalue weighted by Gasteiger charge is -2.39. The molecule has 1 atom stereocenters. The van der Waals surface area contributed by atoms with Gasteiger partial charge in [-0.3, -0.25) is 19.9 Å². The van der Waals surface area contributed by atoms with E-state index in [1.165, 1.54) is 18.2 Å². The number of nitrogens with one attached hydrogen (secondary N) is 1. The van der Waals surface area contributed by atoms with E-state index in [-0.39, 0.29) is 28.6 Å². The second-order valence-electron chi connectivity index (χ2n) is 7.68. The number of para-hydroxylation sites is 1. The number of benzene rings is 2. The van der Waals surface area contributed by atoms with Crippen LogP contribution in [0.25, 0.3) is 0 Å². The monoisotopic (exact) mass is 485 g/mol.